The third-order valence-electron chi connectivity index (χ3n) is 10.2. The molecule has 0 atom stereocenters. The van der Waals surface area contributed by atoms with Crippen molar-refractivity contribution < 1.29 is 4.42 Å². The van der Waals surface area contributed by atoms with Crippen molar-refractivity contribution in [2.24, 2.45) is 0 Å². The molecule has 1 aliphatic rings. The monoisotopic (exact) mass is 575 g/mol. The van der Waals surface area contributed by atoms with Crippen molar-refractivity contribution in [1.82, 2.24) is 4.57 Å². The highest BCUT2D eigenvalue weighted by atomic mass is 16.3. The molecule has 0 N–H and O–H groups in total. The first-order chi connectivity index (χ1) is 22.1. The molecule has 45 heavy (non-hydrogen) atoms. The molecule has 0 saturated carbocycles. The second kappa shape index (κ2) is 8.74. The van der Waals surface area contributed by atoms with Gasteiger partial charge in [-0.2, -0.15) is 0 Å². The molecule has 1 aliphatic carbocycles. The molecule has 0 bridgehead atoms. The van der Waals surface area contributed by atoms with Crippen LogP contribution in [0.1, 0.15) is 25.0 Å². The molecule has 212 valence electrons. The predicted octanol–water partition coefficient (Wildman–Crippen LogP) is 11.8. The van der Waals surface area contributed by atoms with E-state index in [-0.39, 0.29) is 5.41 Å². The first kappa shape index (κ1) is 24.8. The van der Waals surface area contributed by atoms with E-state index in [2.05, 4.69) is 152 Å². The number of nitrogens with zero attached hydrogens (tertiary/aromatic N) is 1. The summed E-state index contributed by atoms with van der Waals surface area (Å²) in [5.41, 5.74) is 13.4. The van der Waals surface area contributed by atoms with E-state index in [0.717, 1.165) is 27.6 Å². The molecule has 0 saturated heterocycles. The third kappa shape index (κ3) is 3.34. The van der Waals surface area contributed by atoms with Gasteiger partial charge >= 0.3 is 0 Å². The van der Waals surface area contributed by atoms with Crippen molar-refractivity contribution in [3.8, 4) is 27.9 Å². The smallest absolute Gasteiger partial charge is 0.136 e. The van der Waals surface area contributed by atoms with E-state index in [0.29, 0.717) is 0 Å². The lowest BCUT2D eigenvalue weighted by atomic mass is 9.82. The van der Waals surface area contributed by atoms with Gasteiger partial charge in [0.25, 0.3) is 0 Å². The van der Waals surface area contributed by atoms with Crippen molar-refractivity contribution in [3.05, 3.63) is 151 Å². The Labute approximate surface area is 260 Å². The highest BCUT2D eigenvalue weighted by Gasteiger charge is 2.36. The lowest BCUT2D eigenvalue weighted by Gasteiger charge is -2.21. The summed E-state index contributed by atoms with van der Waals surface area (Å²) >= 11 is 0. The van der Waals surface area contributed by atoms with Crippen LogP contribution in [0.2, 0.25) is 0 Å². The molecular weight excluding hydrogens is 546 g/mol. The third-order valence-corrected chi connectivity index (χ3v) is 10.2. The molecule has 0 radical (unpaired) electrons. The molecule has 0 spiro atoms. The summed E-state index contributed by atoms with van der Waals surface area (Å²) in [7, 11) is 0. The minimum absolute atomic E-state index is 0.0176. The highest BCUT2D eigenvalue weighted by molar-refractivity contribution is 6.19. The Balaban J connectivity index is 1.22. The van der Waals surface area contributed by atoms with E-state index in [1.807, 2.05) is 6.07 Å². The first-order valence-electron chi connectivity index (χ1n) is 15.7. The van der Waals surface area contributed by atoms with Gasteiger partial charge < -0.3 is 8.98 Å². The second-order valence-electron chi connectivity index (χ2n) is 13.0. The molecule has 0 unspecified atom stereocenters. The zero-order chi connectivity index (χ0) is 29.9. The minimum Gasteiger partial charge on any atom is -0.456 e. The Hall–Kier alpha value is -5.60. The Bertz CT molecular complexity index is 2670. The van der Waals surface area contributed by atoms with Gasteiger partial charge in [0.2, 0.25) is 0 Å². The fraction of sp³-hybridized carbons (Fsp3) is 0.0698. The van der Waals surface area contributed by atoms with Crippen LogP contribution >= 0.6 is 0 Å². The first-order valence-corrected chi connectivity index (χ1v) is 15.7. The molecule has 7 aromatic carbocycles. The van der Waals surface area contributed by atoms with Gasteiger partial charge in [0.1, 0.15) is 11.2 Å². The van der Waals surface area contributed by atoms with Crippen LogP contribution in [-0.4, -0.2) is 4.57 Å². The standard InChI is InChI=1S/C43H29NO/c1-43(2)36-15-7-5-13-32(36)42-30(14-9-16-37(42)43)26-18-20-29(21-19-26)44-38-23-28-11-4-3-10-27(28)22-33(38)34-25-41-35(24-39(34)44)31-12-6-8-17-40(31)45-41/h3-25H,1-2H3. The van der Waals surface area contributed by atoms with Crippen LogP contribution in [0.5, 0.6) is 0 Å². The number of rotatable bonds is 2. The van der Waals surface area contributed by atoms with Crippen LogP contribution < -0.4 is 0 Å². The van der Waals surface area contributed by atoms with Gasteiger partial charge in [0.15, 0.2) is 0 Å². The van der Waals surface area contributed by atoms with Crippen molar-refractivity contribution in [1.29, 1.82) is 0 Å². The van der Waals surface area contributed by atoms with E-state index in [1.54, 1.807) is 0 Å². The average molecular weight is 576 g/mol. The van der Waals surface area contributed by atoms with E-state index in [1.165, 1.54) is 66.0 Å². The molecule has 9 aromatic rings. The fourth-order valence-electron chi connectivity index (χ4n) is 7.98. The molecule has 10 rings (SSSR count). The van der Waals surface area contributed by atoms with Crippen molar-refractivity contribution in [2.75, 3.05) is 0 Å². The van der Waals surface area contributed by atoms with Crippen LogP contribution in [0.15, 0.2) is 144 Å². The van der Waals surface area contributed by atoms with Gasteiger partial charge in [-0.3, -0.25) is 0 Å². The quantitative estimate of drug-likeness (QED) is 0.200. The maximum absolute atomic E-state index is 6.34. The van der Waals surface area contributed by atoms with Crippen LogP contribution in [-0.2, 0) is 5.41 Å². The number of hydrogen-bond donors (Lipinski definition) is 0. The second-order valence-corrected chi connectivity index (χ2v) is 13.0. The van der Waals surface area contributed by atoms with Crippen molar-refractivity contribution >= 4 is 54.5 Å². The number of benzene rings is 7. The van der Waals surface area contributed by atoms with Gasteiger partial charge in [0, 0.05) is 32.6 Å². The fourth-order valence-corrected chi connectivity index (χ4v) is 7.98. The Morgan fingerprint density at radius 3 is 2.02 bits per heavy atom. The highest BCUT2D eigenvalue weighted by Crippen LogP contribution is 2.52. The summed E-state index contributed by atoms with van der Waals surface area (Å²) in [4.78, 5) is 0. The zero-order valence-electron chi connectivity index (χ0n) is 25.1. The SMILES string of the molecule is CC1(C)c2ccccc2-c2c(-c3ccc(-n4c5cc6ccccc6cc5c5cc6oc7ccccc7c6cc54)cc3)cccc21. The van der Waals surface area contributed by atoms with Gasteiger partial charge in [-0.05, 0) is 86.6 Å². The zero-order valence-corrected chi connectivity index (χ0v) is 25.1. The summed E-state index contributed by atoms with van der Waals surface area (Å²) in [6.07, 6.45) is 0. The molecule has 2 aromatic heterocycles. The summed E-state index contributed by atoms with van der Waals surface area (Å²) < 4.78 is 8.77. The maximum atomic E-state index is 6.34. The Morgan fingerprint density at radius 1 is 0.489 bits per heavy atom. The van der Waals surface area contributed by atoms with E-state index >= 15 is 0 Å². The molecule has 0 aliphatic heterocycles. The van der Waals surface area contributed by atoms with E-state index < -0.39 is 0 Å². The van der Waals surface area contributed by atoms with Crippen molar-refractivity contribution in [3.63, 3.8) is 0 Å². The number of aromatic nitrogens is 1. The van der Waals surface area contributed by atoms with Crippen molar-refractivity contribution in [2.45, 2.75) is 19.3 Å². The largest absolute Gasteiger partial charge is 0.456 e. The number of para-hydroxylation sites is 1. The minimum atomic E-state index is -0.0176. The van der Waals surface area contributed by atoms with Gasteiger partial charge in [0.05, 0.1) is 11.0 Å². The van der Waals surface area contributed by atoms with Crippen LogP contribution in [0, 0.1) is 0 Å². The average Bonchev–Trinajstić information content (AvgIpc) is 3.68. The molecule has 0 amide bonds. The maximum Gasteiger partial charge on any atom is 0.136 e. The topological polar surface area (TPSA) is 18.1 Å². The molecule has 2 nitrogen and oxygen atoms in total. The summed E-state index contributed by atoms with van der Waals surface area (Å²) in [5.74, 6) is 0. The van der Waals surface area contributed by atoms with Crippen LogP contribution in [0.25, 0.3) is 82.5 Å². The normalized spacial score (nSPS) is 13.7. The predicted molar refractivity (Wildman–Crippen MR) is 189 cm³/mol. The van der Waals surface area contributed by atoms with Crippen LogP contribution in [0.4, 0.5) is 0 Å². The molecular formula is C43H29NO. The lowest BCUT2D eigenvalue weighted by Crippen LogP contribution is -2.14. The molecule has 0 fully saturated rings. The lowest BCUT2D eigenvalue weighted by molar-refractivity contribution is 0.660. The van der Waals surface area contributed by atoms with E-state index in [9.17, 15) is 0 Å². The summed E-state index contributed by atoms with van der Waals surface area (Å²) in [6, 6.07) is 51.0. The number of fused-ring (bicyclic) bond motifs is 10. The Kier molecular flexibility index (Phi) is 4.82. The molecule has 2 heterocycles. The molecule has 2 heteroatoms. The number of furan rings is 1. The summed E-state index contributed by atoms with van der Waals surface area (Å²) in [6.45, 7) is 4.69. The summed E-state index contributed by atoms with van der Waals surface area (Å²) in [5, 5.41) is 7.20. The van der Waals surface area contributed by atoms with Crippen LogP contribution in [0.3, 0.4) is 0 Å². The Morgan fingerprint density at radius 2 is 1.16 bits per heavy atom. The number of hydrogen-bond acceptors (Lipinski definition) is 1. The van der Waals surface area contributed by atoms with E-state index in [4.69, 9.17) is 4.42 Å². The van der Waals surface area contributed by atoms with Gasteiger partial charge in [-0.15, -0.1) is 0 Å². The van der Waals surface area contributed by atoms with Gasteiger partial charge in [-0.25, -0.2) is 0 Å². The van der Waals surface area contributed by atoms with Gasteiger partial charge in [-0.1, -0.05) is 111 Å².